The average Bonchev–Trinajstić information content (AvgIpc) is 2.86. The van der Waals surface area contributed by atoms with Gasteiger partial charge < -0.3 is 5.32 Å². The number of amides is 1. The Morgan fingerprint density at radius 2 is 1.96 bits per heavy atom. The van der Waals surface area contributed by atoms with Gasteiger partial charge >= 0.3 is 0 Å². The van der Waals surface area contributed by atoms with Crippen LogP contribution in [0.1, 0.15) is 35.5 Å². The zero-order valence-corrected chi connectivity index (χ0v) is 13.8. The van der Waals surface area contributed by atoms with Gasteiger partial charge in [-0.05, 0) is 26.0 Å². The molecule has 7 heteroatoms. The SMILES string of the molecule is CC(=O)NCc1cc2n(n1)CCN(Cc1nc(C)cc(C)n1)C2. The molecule has 7 nitrogen and oxygen atoms in total. The highest BCUT2D eigenvalue weighted by Crippen LogP contribution is 2.15. The molecule has 0 aromatic carbocycles. The van der Waals surface area contributed by atoms with E-state index in [2.05, 4.69) is 31.3 Å². The van der Waals surface area contributed by atoms with Crippen LogP contribution in [0.4, 0.5) is 0 Å². The van der Waals surface area contributed by atoms with Crippen molar-refractivity contribution in [3.63, 3.8) is 0 Å². The van der Waals surface area contributed by atoms with Gasteiger partial charge in [0.15, 0.2) is 0 Å². The second kappa shape index (κ2) is 6.45. The van der Waals surface area contributed by atoms with Gasteiger partial charge in [-0.25, -0.2) is 9.97 Å². The number of nitrogens with one attached hydrogen (secondary N) is 1. The van der Waals surface area contributed by atoms with Crippen LogP contribution in [0.5, 0.6) is 0 Å². The molecule has 3 heterocycles. The third-order valence-electron chi connectivity index (χ3n) is 3.84. The van der Waals surface area contributed by atoms with Gasteiger partial charge in [0.25, 0.3) is 0 Å². The van der Waals surface area contributed by atoms with Crippen LogP contribution in [0.25, 0.3) is 0 Å². The molecule has 1 N–H and O–H groups in total. The van der Waals surface area contributed by atoms with Crippen LogP contribution in [0.15, 0.2) is 12.1 Å². The number of carbonyl (C=O) groups excluding carboxylic acids is 1. The molecular formula is C16H22N6O. The molecule has 1 amide bonds. The van der Waals surface area contributed by atoms with E-state index in [1.165, 1.54) is 12.6 Å². The number of aryl methyl sites for hydroxylation is 2. The predicted octanol–water partition coefficient (Wildman–Crippen LogP) is 0.942. The first-order valence-corrected chi connectivity index (χ1v) is 7.83. The second-order valence-corrected chi connectivity index (χ2v) is 6.04. The van der Waals surface area contributed by atoms with Crippen LogP contribution in [0.2, 0.25) is 0 Å². The van der Waals surface area contributed by atoms with Crippen LogP contribution in [-0.2, 0) is 31.0 Å². The Morgan fingerprint density at radius 1 is 1.22 bits per heavy atom. The number of hydrogen-bond donors (Lipinski definition) is 1. The fourth-order valence-electron chi connectivity index (χ4n) is 2.89. The molecule has 0 spiro atoms. The molecule has 0 fully saturated rings. The van der Waals surface area contributed by atoms with Gasteiger partial charge in [0.05, 0.1) is 31.0 Å². The molecule has 0 radical (unpaired) electrons. The van der Waals surface area contributed by atoms with Crippen LogP contribution in [0.3, 0.4) is 0 Å². The minimum atomic E-state index is -0.0374. The first kappa shape index (κ1) is 15.6. The quantitative estimate of drug-likeness (QED) is 0.909. The predicted molar refractivity (Wildman–Crippen MR) is 85.4 cm³/mol. The van der Waals surface area contributed by atoms with Crippen LogP contribution < -0.4 is 5.32 Å². The third kappa shape index (κ3) is 3.92. The number of nitrogens with zero attached hydrogens (tertiary/aromatic N) is 5. The molecule has 2 aromatic heterocycles. The smallest absolute Gasteiger partial charge is 0.217 e. The van der Waals surface area contributed by atoms with E-state index in [0.29, 0.717) is 6.54 Å². The number of carbonyl (C=O) groups is 1. The Bertz CT molecular complexity index is 703. The molecule has 0 saturated heterocycles. The zero-order chi connectivity index (χ0) is 16.4. The van der Waals surface area contributed by atoms with E-state index < -0.39 is 0 Å². The highest BCUT2D eigenvalue weighted by Gasteiger charge is 2.19. The lowest BCUT2D eigenvalue weighted by atomic mass is 10.2. The third-order valence-corrected chi connectivity index (χ3v) is 3.84. The monoisotopic (exact) mass is 314 g/mol. The standard InChI is InChI=1S/C16H22N6O/c1-11-6-12(2)19-16(18-11)10-21-4-5-22-15(9-21)7-14(20-22)8-17-13(3)23/h6-7H,4-5,8-10H2,1-3H3,(H,17,23). The number of aromatic nitrogens is 4. The molecular weight excluding hydrogens is 292 g/mol. The van der Waals surface area contributed by atoms with E-state index in [4.69, 9.17) is 0 Å². The van der Waals surface area contributed by atoms with Gasteiger partial charge in [-0.15, -0.1) is 0 Å². The maximum Gasteiger partial charge on any atom is 0.217 e. The molecule has 0 unspecified atom stereocenters. The lowest BCUT2D eigenvalue weighted by Gasteiger charge is -2.26. The Balaban J connectivity index is 1.66. The number of hydrogen-bond acceptors (Lipinski definition) is 5. The van der Waals surface area contributed by atoms with Gasteiger partial charge in [0, 0.05) is 31.4 Å². The Morgan fingerprint density at radius 3 is 2.65 bits per heavy atom. The summed E-state index contributed by atoms with van der Waals surface area (Å²) in [6.45, 7) is 9.33. The minimum absolute atomic E-state index is 0.0374. The Labute approximate surface area is 135 Å². The summed E-state index contributed by atoms with van der Waals surface area (Å²) in [5, 5.41) is 7.32. The summed E-state index contributed by atoms with van der Waals surface area (Å²) < 4.78 is 2.02. The first-order chi connectivity index (χ1) is 11.0. The lowest BCUT2D eigenvalue weighted by molar-refractivity contribution is -0.119. The topological polar surface area (TPSA) is 75.9 Å². The van der Waals surface area contributed by atoms with Gasteiger partial charge in [-0.2, -0.15) is 5.10 Å². The lowest BCUT2D eigenvalue weighted by Crippen LogP contribution is -2.34. The van der Waals surface area contributed by atoms with E-state index in [0.717, 1.165) is 49.1 Å². The van der Waals surface area contributed by atoms with Gasteiger partial charge in [-0.3, -0.25) is 14.4 Å². The molecule has 1 aliphatic rings. The summed E-state index contributed by atoms with van der Waals surface area (Å²) in [7, 11) is 0. The molecule has 122 valence electrons. The van der Waals surface area contributed by atoms with Crippen molar-refractivity contribution >= 4 is 5.91 Å². The highest BCUT2D eigenvalue weighted by atomic mass is 16.1. The normalized spacial score (nSPS) is 14.6. The van der Waals surface area contributed by atoms with E-state index in [1.54, 1.807) is 0 Å². The van der Waals surface area contributed by atoms with Crippen molar-refractivity contribution in [1.82, 2.24) is 30.0 Å². The fourth-order valence-corrected chi connectivity index (χ4v) is 2.89. The minimum Gasteiger partial charge on any atom is -0.351 e. The van der Waals surface area contributed by atoms with E-state index >= 15 is 0 Å². The van der Waals surface area contributed by atoms with Gasteiger partial charge in [0.1, 0.15) is 5.82 Å². The molecule has 0 atom stereocenters. The molecule has 2 aromatic rings. The van der Waals surface area contributed by atoms with Crippen molar-refractivity contribution in [2.75, 3.05) is 6.54 Å². The van der Waals surface area contributed by atoms with Crippen LogP contribution >= 0.6 is 0 Å². The Kier molecular flexibility index (Phi) is 4.38. The summed E-state index contributed by atoms with van der Waals surface area (Å²) in [4.78, 5) is 22.4. The van der Waals surface area contributed by atoms with Crippen molar-refractivity contribution in [2.24, 2.45) is 0 Å². The molecule has 0 saturated carbocycles. The average molecular weight is 314 g/mol. The van der Waals surface area contributed by atoms with Crippen molar-refractivity contribution in [1.29, 1.82) is 0 Å². The van der Waals surface area contributed by atoms with E-state index in [9.17, 15) is 4.79 Å². The maximum absolute atomic E-state index is 11.0. The van der Waals surface area contributed by atoms with E-state index in [-0.39, 0.29) is 5.91 Å². The summed E-state index contributed by atoms with van der Waals surface area (Å²) in [5.74, 6) is 0.832. The van der Waals surface area contributed by atoms with E-state index in [1.807, 2.05) is 24.6 Å². The molecule has 1 aliphatic heterocycles. The highest BCUT2D eigenvalue weighted by molar-refractivity contribution is 5.72. The maximum atomic E-state index is 11.0. The van der Waals surface area contributed by atoms with Crippen LogP contribution in [-0.4, -0.2) is 37.1 Å². The van der Waals surface area contributed by atoms with Crippen molar-refractivity contribution in [3.05, 3.63) is 40.7 Å². The molecule has 3 rings (SSSR count). The second-order valence-electron chi connectivity index (χ2n) is 6.04. The summed E-state index contributed by atoms with van der Waals surface area (Å²) in [5.41, 5.74) is 4.08. The number of rotatable bonds is 4. The summed E-state index contributed by atoms with van der Waals surface area (Å²) >= 11 is 0. The molecule has 23 heavy (non-hydrogen) atoms. The Hall–Kier alpha value is -2.28. The van der Waals surface area contributed by atoms with Crippen LogP contribution in [0, 0.1) is 13.8 Å². The van der Waals surface area contributed by atoms with Gasteiger partial charge in [-0.1, -0.05) is 0 Å². The van der Waals surface area contributed by atoms with Crippen molar-refractivity contribution < 1.29 is 4.79 Å². The molecule has 0 aliphatic carbocycles. The summed E-state index contributed by atoms with van der Waals surface area (Å²) in [6, 6.07) is 4.05. The molecule has 0 bridgehead atoms. The zero-order valence-electron chi connectivity index (χ0n) is 13.8. The fraction of sp³-hybridized carbons (Fsp3) is 0.500. The van der Waals surface area contributed by atoms with Gasteiger partial charge in [0.2, 0.25) is 5.91 Å². The van der Waals surface area contributed by atoms with Crippen molar-refractivity contribution in [3.8, 4) is 0 Å². The first-order valence-electron chi connectivity index (χ1n) is 7.83. The summed E-state index contributed by atoms with van der Waals surface area (Å²) in [6.07, 6.45) is 0. The number of fused-ring (bicyclic) bond motifs is 1. The largest absolute Gasteiger partial charge is 0.351 e. The van der Waals surface area contributed by atoms with Crippen molar-refractivity contribution in [2.45, 2.75) is 47.0 Å².